The Labute approximate surface area is 137 Å². The number of carbonyl (C=O) groups excluding carboxylic acids is 1. The Bertz CT molecular complexity index is 538. The van der Waals surface area contributed by atoms with Crippen molar-refractivity contribution in [2.75, 3.05) is 38.7 Å². The first-order chi connectivity index (χ1) is 11.3. The molecule has 2 N–H and O–H groups in total. The summed E-state index contributed by atoms with van der Waals surface area (Å²) in [6.07, 6.45) is -1.86. The molecule has 1 fully saturated rings. The van der Waals surface area contributed by atoms with E-state index in [1.165, 1.54) is 18.3 Å². The Kier molecular flexibility index (Phi) is 6.00. The lowest BCUT2D eigenvalue weighted by Crippen LogP contribution is -2.47. The molecule has 24 heavy (non-hydrogen) atoms. The average Bonchev–Trinajstić information content (AvgIpc) is 2.54. The van der Waals surface area contributed by atoms with Crippen LogP contribution in [0.3, 0.4) is 0 Å². The van der Waals surface area contributed by atoms with Gasteiger partial charge in [-0.1, -0.05) is 0 Å². The second-order valence-electron chi connectivity index (χ2n) is 5.71. The molecule has 2 heterocycles. The van der Waals surface area contributed by atoms with Crippen LogP contribution in [0.25, 0.3) is 0 Å². The molecule has 1 amide bonds. The van der Waals surface area contributed by atoms with Gasteiger partial charge in [-0.25, -0.2) is 4.98 Å². The van der Waals surface area contributed by atoms with Crippen molar-refractivity contribution in [2.45, 2.75) is 19.0 Å². The fourth-order valence-corrected chi connectivity index (χ4v) is 2.58. The van der Waals surface area contributed by atoms with Crippen LogP contribution in [0.5, 0.6) is 5.88 Å². The lowest BCUT2D eigenvalue weighted by Gasteiger charge is -2.35. The van der Waals surface area contributed by atoms with Gasteiger partial charge >= 0.3 is 6.18 Å². The molecule has 0 aromatic carbocycles. The van der Waals surface area contributed by atoms with Crippen LogP contribution in [0.15, 0.2) is 18.3 Å². The quantitative estimate of drug-likeness (QED) is 0.823. The molecule has 9 heteroatoms. The summed E-state index contributed by atoms with van der Waals surface area (Å²) < 4.78 is 46.0. The summed E-state index contributed by atoms with van der Waals surface area (Å²) in [5.74, 6) is -0.338. The number of ether oxygens (including phenoxy) is 2. The van der Waals surface area contributed by atoms with E-state index in [1.54, 1.807) is 7.11 Å². The number of aromatic nitrogens is 1. The van der Waals surface area contributed by atoms with Gasteiger partial charge in [0.25, 0.3) is 0 Å². The van der Waals surface area contributed by atoms with Gasteiger partial charge in [0.2, 0.25) is 11.8 Å². The molecule has 1 aromatic rings. The number of rotatable bonds is 6. The number of carbonyl (C=O) groups is 1. The molecular weight excluding hydrogens is 327 g/mol. The zero-order valence-corrected chi connectivity index (χ0v) is 13.3. The average molecular weight is 347 g/mol. The van der Waals surface area contributed by atoms with Crippen LogP contribution in [0.1, 0.15) is 12.8 Å². The number of methoxy groups -OCH3 is 1. The van der Waals surface area contributed by atoms with Crippen LogP contribution < -0.4 is 15.4 Å². The molecule has 2 rings (SSSR count). The molecule has 1 saturated heterocycles. The zero-order valence-electron chi connectivity index (χ0n) is 13.3. The SMILES string of the molecule is COCC1(C(=O)Nc2ccc(OCC(F)(F)F)nc2)CCNCC1. The first-order valence-corrected chi connectivity index (χ1v) is 7.51. The Morgan fingerprint density at radius 3 is 2.62 bits per heavy atom. The van der Waals surface area contributed by atoms with E-state index in [4.69, 9.17) is 4.74 Å². The van der Waals surface area contributed by atoms with Gasteiger partial charge in [0.05, 0.1) is 23.9 Å². The van der Waals surface area contributed by atoms with Gasteiger partial charge in [0.1, 0.15) is 0 Å². The summed E-state index contributed by atoms with van der Waals surface area (Å²) in [7, 11) is 1.55. The van der Waals surface area contributed by atoms with E-state index in [0.29, 0.717) is 25.1 Å². The van der Waals surface area contributed by atoms with Crippen molar-refractivity contribution < 1.29 is 27.4 Å². The van der Waals surface area contributed by atoms with E-state index in [0.717, 1.165) is 13.1 Å². The predicted octanol–water partition coefficient (Wildman–Crippen LogP) is 1.98. The Morgan fingerprint density at radius 1 is 1.38 bits per heavy atom. The number of piperidine rings is 1. The van der Waals surface area contributed by atoms with Crippen molar-refractivity contribution in [3.63, 3.8) is 0 Å². The number of alkyl halides is 3. The van der Waals surface area contributed by atoms with E-state index in [2.05, 4.69) is 20.4 Å². The van der Waals surface area contributed by atoms with Crippen LogP contribution in [0, 0.1) is 5.41 Å². The van der Waals surface area contributed by atoms with Crippen LogP contribution in [0.4, 0.5) is 18.9 Å². The highest BCUT2D eigenvalue weighted by molar-refractivity contribution is 5.95. The standard InChI is InChI=1S/C15H20F3N3O3/c1-23-9-14(4-6-19-7-5-14)13(22)21-11-2-3-12(20-8-11)24-10-15(16,17)18/h2-3,8,19H,4-7,9-10H2,1H3,(H,21,22). The number of amides is 1. The Morgan fingerprint density at radius 2 is 2.08 bits per heavy atom. The summed E-state index contributed by atoms with van der Waals surface area (Å²) >= 11 is 0. The molecule has 0 atom stereocenters. The lowest BCUT2D eigenvalue weighted by atomic mass is 9.78. The number of hydrogen-bond donors (Lipinski definition) is 2. The first-order valence-electron chi connectivity index (χ1n) is 7.51. The minimum atomic E-state index is -4.42. The number of halogens is 3. The minimum Gasteiger partial charge on any atom is -0.468 e. The number of anilines is 1. The molecule has 1 aliphatic rings. The van der Waals surface area contributed by atoms with Gasteiger partial charge in [-0.3, -0.25) is 4.79 Å². The summed E-state index contributed by atoms with van der Waals surface area (Å²) in [4.78, 5) is 16.4. The highest BCUT2D eigenvalue weighted by Gasteiger charge is 2.39. The third-order valence-corrected chi connectivity index (χ3v) is 3.84. The predicted molar refractivity (Wildman–Crippen MR) is 80.8 cm³/mol. The number of nitrogens with one attached hydrogen (secondary N) is 2. The summed E-state index contributed by atoms with van der Waals surface area (Å²) in [6.45, 7) is 0.342. The van der Waals surface area contributed by atoms with E-state index in [-0.39, 0.29) is 11.8 Å². The molecule has 0 saturated carbocycles. The smallest absolute Gasteiger partial charge is 0.422 e. The van der Waals surface area contributed by atoms with Crippen molar-refractivity contribution in [3.8, 4) is 5.88 Å². The second kappa shape index (κ2) is 7.80. The fourth-order valence-electron chi connectivity index (χ4n) is 2.58. The highest BCUT2D eigenvalue weighted by Crippen LogP contribution is 2.31. The third-order valence-electron chi connectivity index (χ3n) is 3.84. The molecule has 1 aliphatic heterocycles. The first kappa shape index (κ1) is 18.5. The molecule has 0 aliphatic carbocycles. The summed E-state index contributed by atoms with van der Waals surface area (Å²) in [5, 5.41) is 5.94. The second-order valence-corrected chi connectivity index (χ2v) is 5.71. The van der Waals surface area contributed by atoms with E-state index >= 15 is 0 Å². The van der Waals surface area contributed by atoms with Gasteiger partial charge in [0.15, 0.2) is 6.61 Å². The maximum Gasteiger partial charge on any atom is 0.422 e. The molecule has 1 aromatic heterocycles. The van der Waals surface area contributed by atoms with Gasteiger partial charge < -0.3 is 20.1 Å². The third kappa shape index (κ3) is 5.07. The van der Waals surface area contributed by atoms with Crippen molar-refractivity contribution in [1.29, 1.82) is 0 Å². The molecule has 134 valence electrons. The Balaban J connectivity index is 1.98. The minimum absolute atomic E-state index is 0.154. The maximum atomic E-state index is 12.6. The summed E-state index contributed by atoms with van der Waals surface area (Å²) in [6, 6.07) is 2.74. The van der Waals surface area contributed by atoms with E-state index < -0.39 is 18.2 Å². The maximum absolute atomic E-state index is 12.6. The van der Waals surface area contributed by atoms with Gasteiger partial charge in [0, 0.05) is 13.2 Å². The van der Waals surface area contributed by atoms with Crippen LogP contribution in [-0.2, 0) is 9.53 Å². The Hall–Kier alpha value is -1.87. The van der Waals surface area contributed by atoms with Gasteiger partial charge in [-0.15, -0.1) is 0 Å². The van der Waals surface area contributed by atoms with Crippen molar-refractivity contribution in [1.82, 2.24) is 10.3 Å². The lowest BCUT2D eigenvalue weighted by molar-refractivity contribution is -0.154. The summed E-state index contributed by atoms with van der Waals surface area (Å²) in [5.41, 5.74) is -0.223. The molecular formula is C15H20F3N3O3. The normalized spacial score (nSPS) is 17.3. The molecule has 0 spiro atoms. The van der Waals surface area contributed by atoms with Crippen molar-refractivity contribution >= 4 is 11.6 Å². The molecule has 6 nitrogen and oxygen atoms in total. The van der Waals surface area contributed by atoms with Crippen molar-refractivity contribution in [3.05, 3.63) is 18.3 Å². The highest BCUT2D eigenvalue weighted by atomic mass is 19.4. The number of nitrogens with zero attached hydrogens (tertiary/aromatic N) is 1. The zero-order chi connectivity index (χ0) is 17.6. The fraction of sp³-hybridized carbons (Fsp3) is 0.600. The largest absolute Gasteiger partial charge is 0.468 e. The van der Waals surface area contributed by atoms with E-state index in [9.17, 15) is 18.0 Å². The van der Waals surface area contributed by atoms with Crippen LogP contribution in [0.2, 0.25) is 0 Å². The number of pyridine rings is 1. The van der Waals surface area contributed by atoms with Gasteiger partial charge in [-0.05, 0) is 32.0 Å². The monoisotopic (exact) mass is 347 g/mol. The van der Waals surface area contributed by atoms with Gasteiger partial charge in [-0.2, -0.15) is 13.2 Å². The molecule has 0 bridgehead atoms. The van der Waals surface area contributed by atoms with Crippen molar-refractivity contribution in [2.24, 2.45) is 5.41 Å². The molecule has 0 radical (unpaired) electrons. The van der Waals surface area contributed by atoms with E-state index in [1.807, 2.05) is 0 Å². The number of hydrogen-bond acceptors (Lipinski definition) is 5. The topological polar surface area (TPSA) is 72.5 Å². The van der Waals surface area contributed by atoms with Crippen LogP contribution >= 0.6 is 0 Å². The molecule has 0 unspecified atom stereocenters. The van der Waals surface area contributed by atoms with Crippen LogP contribution in [-0.4, -0.2) is 50.5 Å².